The lowest BCUT2D eigenvalue weighted by Crippen LogP contribution is -2.46. The van der Waals surface area contributed by atoms with Gasteiger partial charge in [-0.1, -0.05) is 17.7 Å². The van der Waals surface area contributed by atoms with Crippen molar-refractivity contribution in [1.29, 1.82) is 0 Å². The maximum Gasteiger partial charge on any atom is 0.321 e. The van der Waals surface area contributed by atoms with Crippen LogP contribution in [0.3, 0.4) is 0 Å². The molecule has 0 atom stereocenters. The van der Waals surface area contributed by atoms with Gasteiger partial charge in [0.1, 0.15) is 0 Å². The van der Waals surface area contributed by atoms with Gasteiger partial charge in [0.25, 0.3) is 5.91 Å². The Labute approximate surface area is 179 Å². The first-order valence-corrected chi connectivity index (χ1v) is 10.8. The van der Waals surface area contributed by atoms with Crippen LogP contribution in [0.25, 0.3) is 0 Å². The van der Waals surface area contributed by atoms with E-state index in [-0.39, 0.29) is 17.4 Å². The summed E-state index contributed by atoms with van der Waals surface area (Å²) in [5, 5.41) is 3.04. The summed E-state index contributed by atoms with van der Waals surface area (Å²) in [7, 11) is 0. The van der Waals surface area contributed by atoms with Gasteiger partial charge in [0.05, 0.1) is 0 Å². The van der Waals surface area contributed by atoms with Gasteiger partial charge < -0.3 is 19.5 Å². The summed E-state index contributed by atoms with van der Waals surface area (Å²) >= 11 is 3.25. The number of halogens is 1. The van der Waals surface area contributed by atoms with E-state index in [9.17, 15) is 9.59 Å². The number of furan rings is 1. The van der Waals surface area contributed by atoms with Crippen molar-refractivity contribution in [3.63, 3.8) is 0 Å². The van der Waals surface area contributed by atoms with Crippen LogP contribution in [0.4, 0.5) is 10.5 Å². The lowest BCUT2D eigenvalue weighted by atomic mass is 9.78. The van der Waals surface area contributed by atoms with Gasteiger partial charge in [0.2, 0.25) is 0 Å². The second-order valence-electron chi connectivity index (χ2n) is 8.32. The molecule has 1 aromatic carbocycles. The molecule has 0 aliphatic carbocycles. The molecular formula is C22H26BrN3O3. The molecule has 7 heteroatoms. The highest BCUT2D eigenvalue weighted by atomic mass is 79.9. The standard InChI is InChI=1S/C22H26BrN3O3/c1-15-3-4-17(16(2)13-15)24-21(28)25-10-7-22(8-11-25)9-12-26(14-22)20(27)18-5-6-19(23)29-18/h3-6,13H,7-12,14H2,1-2H3,(H,24,28). The minimum atomic E-state index is -0.0532. The van der Waals surface area contributed by atoms with E-state index in [1.54, 1.807) is 12.1 Å². The van der Waals surface area contributed by atoms with E-state index in [4.69, 9.17) is 4.42 Å². The van der Waals surface area contributed by atoms with Crippen molar-refractivity contribution in [3.05, 3.63) is 51.9 Å². The molecule has 0 radical (unpaired) electrons. The number of rotatable bonds is 2. The van der Waals surface area contributed by atoms with Crippen LogP contribution in [0.15, 0.2) is 39.4 Å². The number of amides is 3. The predicted octanol–water partition coefficient (Wildman–Crippen LogP) is 4.82. The van der Waals surface area contributed by atoms with Crippen molar-refractivity contribution in [3.8, 4) is 0 Å². The molecule has 29 heavy (non-hydrogen) atoms. The second-order valence-corrected chi connectivity index (χ2v) is 9.10. The molecule has 3 heterocycles. The van der Waals surface area contributed by atoms with Crippen molar-refractivity contribution in [2.75, 3.05) is 31.5 Å². The van der Waals surface area contributed by atoms with Gasteiger partial charge in [-0.05, 0) is 78.2 Å². The SMILES string of the molecule is Cc1ccc(NC(=O)N2CCC3(CC2)CCN(C(=O)c2ccc(Br)o2)C3)c(C)c1. The van der Waals surface area contributed by atoms with Gasteiger partial charge in [-0.25, -0.2) is 4.79 Å². The number of piperidine rings is 1. The van der Waals surface area contributed by atoms with Crippen LogP contribution in [0.2, 0.25) is 0 Å². The van der Waals surface area contributed by atoms with Crippen LogP contribution in [0.1, 0.15) is 40.9 Å². The quantitative estimate of drug-likeness (QED) is 0.699. The molecule has 154 valence electrons. The molecule has 2 aromatic rings. The van der Waals surface area contributed by atoms with Gasteiger partial charge in [0.15, 0.2) is 10.4 Å². The Morgan fingerprint density at radius 1 is 1.03 bits per heavy atom. The minimum absolute atomic E-state index is 0.0434. The summed E-state index contributed by atoms with van der Waals surface area (Å²) in [5.74, 6) is 0.321. The first-order valence-electron chi connectivity index (χ1n) is 10.0. The number of anilines is 1. The third-order valence-electron chi connectivity index (χ3n) is 6.24. The van der Waals surface area contributed by atoms with Crippen LogP contribution in [0.5, 0.6) is 0 Å². The van der Waals surface area contributed by atoms with Gasteiger partial charge in [-0.3, -0.25) is 4.79 Å². The van der Waals surface area contributed by atoms with E-state index in [1.807, 2.05) is 35.8 Å². The third kappa shape index (κ3) is 4.20. The Balaban J connectivity index is 1.33. The number of benzene rings is 1. The van der Waals surface area contributed by atoms with E-state index in [1.165, 1.54) is 5.56 Å². The molecule has 2 aliphatic heterocycles. The zero-order valence-corrected chi connectivity index (χ0v) is 18.4. The van der Waals surface area contributed by atoms with E-state index in [2.05, 4.69) is 27.3 Å². The number of hydrogen-bond acceptors (Lipinski definition) is 3. The number of urea groups is 1. The van der Waals surface area contributed by atoms with Crippen molar-refractivity contribution in [2.24, 2.45) is 5.41 Å². The summed E-state index contributed by atoms with van der Waals surface area (Å²) in [6, 6.07) is 9.45. The lowest BCUT2D eigenvalue weighted by Gasteiger charge is -2.39. The Kier molecular flexibility index (Phi) is 5.42. The topological polar surface area (TPSA) is 65.8 Å². The lowest BCUT2D eigenvalue weighted by molar-refractivity contribution is 0.0708. The largest absolute Gasteiger partial charge is 0.444 e. The second kappa shape index (κ2) is 7.86. The first-order chi connectivity index (χ1) is 13.8. The number of carbonyl (C=O) groups is 2. The van der Waals surface area contributed by atoms with Crippen molar-refractivity contribution >= 4 is 33.6 Å². The van der Waals surface area contributed by atoms with Gasteiger partial charge in [0, 0.05) is 31.9 Å². The normalized spacial score (nSPS) is 18.3. The maximum atomic E-state index is 12.7. The van der Waals surface area contributed by atoms with Crippen molar-refractivity contribution in [2.45, 2.75) is 33.1 Å². The zero-order chi connectivity index (χ0) is 20.6. The molecule has 2 saturated heterocycles. The van der Waals surface area contributed by atoms with Crippen LogP contribution < -0.4 is 5.32 Å². The average molecular weight is 460 g/mol. The maximum absolute atomic E-state index is 12.7. The summed E-state index contributed by atoms with van der Waals surface area (Å²) in [6.45, 7) is 6.96. The molecule has 2 aliphatic rings. The average Bonchev–Trinajstić information content (AvgIpc) is 3.31. The highest BCUT2D eigenvalue weighted by Crippen LogP contribution is 2.41. The number of likely N-dealkylation sites (tertiary alicyclic amines) is 2. The van der Waals surface area contributed by atoms with Crippen molar-refractivity contribution in [1.82, 2.24) is 9.80 Å². The molecule has 1 aromatic heterocycles. The van der Waals surface area contributed by atoms with E-state index in [0.717, 1.165) is 43.6 Å². The summed E-state index contributed by atoms with van der Waals surface area (Å²) in [6.07, 6.45) is 2.81. The Morgan fingerprint density at radius 3 is 2.34 bits per heavy atom. The van der Waals surface area contributed by atoms with Gasteiger partial charge in [-0.2, -0.15) is 0 Å². The first kappa shape index (κ1) is 20.0. The molecule has 0 saturated carbocycles. The zero-order valence-electron chi connectivity index (χ0n) is 16.8. The molecule has 1 spiro atoms. The highest BCUT2D eigenvalue weighted by Gasteiger charge is 2.43. The summed E-state index contributed by atoms with van der Waals surface area (Å²) in [5.41, 5.74) is 3.22. The smallest absolute Gasteiger partial charge is 0.321 e. The fraction of sp³-hybridized carbons (Fsp3) is 0.455. The number of nitrogens with one attached hydrogen (secondary N) is 1. The fourth-order valence-corrected chi connectivity index (χ4v) is 4.74. The summed E-state index contributed by atoms with van der Waals surface area (Å²) in [4.78, 5) is 29.1. The Morgan fingerprint density at radius 2 is 1.72 bits per heavy atom. The van der Waals surface area contributed by atoms with E-state index in [0.29, 0.717) is 23.5 Å². The number of aryl methyl sites for hydroxylation is 2. The van der Waals surface area contributed by atoms with Gasteiger partial charge in [-0.15, -0.1) is 0 Å². The van der Waals surface area contributed by atoms with Gasteiger partial charge >= 0.3 is 6.03 Å². The minimum Gasteiger partial charge on any atom is -0.444 e. The van der Waals surface area contributed by atoms with Crippen molar-refractivity contribution < 1.29 is 14.0 Å². The number of carbonyl (C=O) groups excluding carboxylic acids is 2. The molecular weight excluding hydrogens is 434 g/mol. The molecule has 4 rings (SSSR count). The Hall–Kier alpha value is -2.28. The molecule has 3 amide bonds. The van der Waals surface area contributed by atoms with E-state index < -0.39 is 0 Å². The molecule has 0 bridgehead atoms. The number of nitrogens with zero attached hydrogens (tertiary/aromatic N) is 2. The highest BCUT2D eigenvalue weighted by molar-refractivity contribution is 9.10. The third-order valence-corrected chi connectivity index (χ3v) is 6.67. The monoisotopic (exact) mass is 459 g/mol. The van der Waals surface area contributed by atoms with Crippen LogP contribution in [-0.2, 0) is 0 Å². The predicted molar refractivity (Wildman–Crippen MR) is 115 cm³/mol. The molecule has 1 N–H and O–H groups in total. The fourth-order valence-electron chi connectivity index (χ4n) is 4.43. The molecule has 6 nitrogen and oxygen atoms in total. The molecule has 2 fully saturated rings. The molecule has 0 unspecified atom stereocenters. The van der Waals surface area contributed by atoms with Crippen LogP contribution in [0, 0.1) is 19.3 Å². The summed E-state index contributed by atoms with van der Waals surface area (Å²) < 4.78 is 5.99. The van der Waals surface area contributed by atoms with Crippen LogP contribution >= 0.6 is 15.9 Å². The Bertz CT molecular complexity index is 931. The van der Waals surface area contributed by atoms with E-state index >= 15 is 0 Å². The number of hydrogen-bond donors (Lipinski definition) is 1. The van der Waals surface area contributed by atoms with Crippen LogP contribution in [-0.4, -0.2) is 47.9 Å².